The van der Waals surface area contributed by atoms with Gasteiger partial charge in [-0.25, -0.2) is 0 Å². The molecule has 0 aliphatic heterocycles. The van der Waals surface area contributed by atoms with E-state index in [4.69, 9.17) is 0 Å². The molecule has 0 saturated heterocycles. The first-order chi connectivity index (χ1) is 30.8. The molecule has 292 valence electrons. The Balaban J connectivity index is 1.09. The highest BCUT2D eigenvalue weighted by atomic mass is 14.2. The Bertz CT molecular complexity index is 2780. The monoisotopic (exact) mass is 788 g/mol. The molecule has 0 radical (unpaired) electrons. The normalized spacial score (nSPS) is 10.9. The molecule has 0 heteroatoms. The largest absolute Gasteiger partial charge is 0.0622 e. The first-order valence-electron chi connectivity index (χ1n) is 21.3. The van der Waals surface area contributed by atoms with Crippen molar-refractivity contribution in [1.82, 2.24) is 0 Å². The van der Waals surface area contributed by atoms with Crippen LogP contribution in [0.2, 0.25) is 0 Å². The topological polar surface area (TPSA) is 0 Å². The van der Waals surface area contributed by atoms with Gasteiger partial charge in [0.25, 0.3) is 0 Å². The Morgan fingerprint density at radius 3 is 0.581 bits per heavy atom. The summed E-state index contributed by atoms with van der Waals surface area (Å²) in [5.41, 5.74) is 21.6. The SMILES string of the molecule is c1ccc(C(=C(c2ccccc2)c2ccc(-c3cc(-c4ccc(C(=C(c5ccccc5)c5ccccc5)c5ccccc5)cc4)c4cccccc3-4)cc2)c2ccccc2)cc1. The van der Waals surface area contributed by atoms with Crippen LogP contribution in [0.3, 0.4) is 0 Å². The van der Waals surface area contributed by atoms with Crippen LogP contribution in [0.4, 0.5) is 0 Å². The van der Waals surface area contributed by atoms with E-state index in [2.05, 4.69) is 267 Å². The minimum Gasteiger partial charge on any atom is -0.0622 e. The number of benzene rings is 8. The van der Waals surface area contributed by atoms with E-state index in [9.17, 15) is 0 Å². The third-order valence-electron chi connectivity index (χ3n) is 11.8. The second kappa shape index (κ2) is 17.7. The van der Waals surface area contributed by atoms with E-state index in [-0.39, 0.29) is 0 Å². The van der Waals surface area contributed by atoms with Crippen LogP contribution in [-0.2, 0) is 0 Å². The first-order valence-corrected chi connectivity index (χ1v) is 21.3. The predicted octanol–water partition coefficient (Wildman–Crippen LogP) is 16.1. The van der Waals surface area contributed by atoms with E-state index in [1.54, 1.807) is 0 Å². The van der Waals surface area contributed by atoms with Gasteiger partial charge in [0, 0.05) is 0 Å². The molecule has 0 N–H and O–H groups in total. The molecule has 0 unspecified atom stereocenters. The molecule has 8 aromatic rings. The fourth-order valence-corrected chi connectivity index (χ4v) is 8.88. The van der Waals surface area contributed by atoms with Gasteiger partial charge in [-0.1, -0.05) is 261 Å². The van der Waals surface area contributed by atoms with Crippen LogP contribution in [0.25, 0.3) is 55.7 Å². The van der Waals surface area contributed by atoms with E-state index in [1.165, 1.54) is 100 Å². The van der Waals surface area contributed by atoms with Crippen LogP contribution in [0.5, 0.6) is 0 Å². The molecule has 2 aliphatic rings. The molecule has 0 atom stereocenters. The van der Waals surface area contributed by atoms with Crippen LogP contribution in [0.1, 0.15) is 44.5 Å². The molecule has 0 nitrogen and oxygen atoms in total. The average molecular weight is 789 g/mol. The van der Waals surface area contributed by atoms with Crippen molar-refractivity contribution in [2.75, 3.05) is 0 Å². The summed E-state index contributed by atoms with van der Waals surface area (Å²) in [4.78, 5) is 0. The fraction of sp³-hybridized carbons (Fsp3) is 0. The van der Waals surface area contributed by atoms with Gasteiger partial charge < -0.3 is 0 Å². The Labute approximate surface area is 365 Å². The van der Waals surface area contributed by atoms with E-state index in [0.717, 1.165) is 0 Å². The van der Waals surface area contributed by atoms with Crippen molar-refractivity contribution in [1.29, 1.82) is 0 Å². The molecule has 62 heavy (non-hydrogen) atoms. The standard InChI is InChI=1S/C62H44/c1-8-22-47(23-9-1)59(48-24-10-2-11-25-48)61(51-30-16-5-17-31-51)53-40-36-45(37-41-53)57-44-58(56-35-21-7-20-34-55(56)57)46-38-42-54(43-39-46)62(52-32-18-6-19-33-52)60(49-26-12-3-13-27-49)50-28-14-4-15-29-50/h1-44H. The smallest absolute Gasteiger partial charge is 0.00268 e. The summed E-state index contributed by atoms with van der Waals surface area (Å²) in [6.07, 6.45) is 0. The van der Waals surface area contributed by atoms with Crippen molar-refractivity contribution >= 4 is 22.3 Å². The van der Waals surface area contributed by atoms with Gasteiger partial charge in [0.15, 0.2) is 0 Å². The quantitative estimate of drug-likeness (QED) is 0.121. The number of rotatable bonds is 10. The van der Waals surface area contributed by atoms with Crippen molar-refractivity contribution in [2.24, 2.45) is 0 Å². The lowest BCUT2D eigenvalue weighted by Gasteiger charge is -2.18. The van der Waals surface area contributed by atoms with Gasteiger partial charge in [0.2, 0.25) is 0 Å². The van der Waals surface area contributed by atoms with Crippen LogP contribution < -0.4 is 0 Å². The highest BCUT2D eigenvalue weighted by Gasteiger charge is 2.21. The molecule has 0 spiro atoms. The molecule has 8 aromatic carbocycles. The Morgan fingerprint density at radius 1 is 0.161 bits per heavy atom. The Morgan fingerprint density at radius 2 is 0.355 bits per heavy atom. The van der Waals surface area contributed by atoms with E-state index >= 15 is 0 Å². The lowest BCUT2D eigenvalue weighted by Crippen LogP contribution is -1.97. The fourth-order valence-electron chi connectivity index (χ4n) is 8.88. The van der Waals surface area contributed by atoms with Gasteiger partial charge in [0.05, 0.1) is 0 Å². The summed E-state index contributed by atoms with van der Waals surface area (Å²) < 4.78 is 0. The number of hydrogen-bond acceptors (Lipinski definition) is 0. The van der Waals surface area contributed by atoms with Crippen molar-refractivity contribution in [3.8, 4) is 33.4 Å². The summed E-state index contributed by atoms with van der Waals surface area (Å²) in [7, 11) is 0. The van der Waals surface area contributed by atoms with Crippen molar-refractivity contribution in [3.05, 3.63) is 311 Å². The lowest BCUT2D eigenvalue weighted by atomic mass is 9.85. The third kappa shape index (κ3) is 7.74. The van der Waals surface area contributed by atoms with Gasteiger partial charge in [-0.05, 0) is 106 Å². The molecule has 0 saturated carbocycles. The minimum absolute atomic E-state index is 1.17. The zero-order chi connectivity index (χ0) is 41.5. The van der Waals surface area contributed by atoms with Gasteiger partial charge in [-0.15, -0.1) is 0 Å². The van der Waals surface area contributed by atoms with E-state index in [1.807, 2.05) is 0 Å². The lowest BCUT2D eigenvalue weighted by molar-refractivity contribution is 1.50. The van der Waals surface area contributed by atoms with Crippen LogP contribution in [0, 0.1) is 0 Å². The maximum absolute atomic E-state index is 2.38. The van der Waals surface area contributed by atoms with Gasteiger partial charge >= 0.3 is 0 Å². The van der Waals surface area contributed by atoms with Gasteiger partial charge in [-0.2, -0.15) is 0 Å². The highest BCUT2D eigenvalue weighted by Crippen LogP contribution is 2.45. The summed E-state index contributed by atoms with van der Waals surface area (Å²) in [6.45, 7) is 0. The van der Waals surface area contributed by atoms with Crippen LogP contribution >= 0.6 is 0 Å². The molecule has 0 heterocycles. The van der Waals surface area contributed by atoms with E-state index < -0.39 is 0 Å². The van der Waals surface area contributed by atoms with Gasteiger partial charge in [-0.3, -0.25) is 0 Å². The summed E-state index contributed by atoms with van der Waals surface area (Å²) in [5, 5.41) is 0. The average Bonchev–Trinajstić information content (AvgIpc) is 3.53. The van der Waals surface area contributed by atoms with Crippen LogP contribution in [0.15, 0.2) is 267 Å². The summed E-state index contributed by atoms with van der Waals surface area (Å²) in [5.74, 6) is 0. The van der Waals surface area contributed by atoms with E-state index in [0.29, 0.717) is 0 Å². The molecule has 0 fully saturated rings. The Hall–Kier alpha value is -8.06. The second-order valence-electron chi connectivity index (χ2n) is 15.6. The number of fused-ring (bicyclic) bond motifs is 1. The number of hydrogen-bond donors (Lipinski definition) is 0. The van der Waals surface area contributed by atoms with Crippen molar-refractivity contribution < 1.29 is 0 Å². The third-order valence-corrected chi connectivity index (χ3v) is 11.8. The maximum Gasteiger partial charge on any atom is -0.00268 e. The van der Waals surface area contributed by atoms with Gasteiger partial charge in [0.1, 0.15) is 0 Å². The minimum atomic E-state index is 1.17. The van der Waals surface area contributed by atoms with Crippen LogP contribution in [-0.4, -0.2) is 0 Å². The molecule has 10 rings (SSSR count). The zero-order valence-corrected chi connectivity index (χ0v) is 34.4. The zero-order valence-electron chi connectivity index (χ0n) is 34.4. The summed E-state index contributed by atoms with van der Waals surface area (Å²) in [6, 6.07) is 96.4. The molecule has 0 bridgehead atoms. The van der Waals surface area contributed by atoms with Crippen molar-refractivity contribution in [2.45, 2.75) is 0 Å². The second-order valence-corrected chi connectivity index (χ2v) is 15.6. The molecule has 0 aromatic heterocycles. The summed E-state index contributed by atoms with van der Waals surface area (Å²) >= 11 is 0. The highest BCUT2D eigenvalue weighted by molar-refractivity contribution is 6.06. The molecular formula is C62H44. The maximum atomic E-state index is 2.38. The predicted molar refractivity (Wildman–Crippen MR) is 263 cm³/mol. The molecular weight excluding hydrogens is 745 g/mol. The molecule has 2 aliphatic carbocycles. The Kier molecular flexibility index (Phi) is 10.9. The van der Waals surface area contributed by atoms with Crippen molar-refractivity contribution in [3.63, 3.8) is 0 Å². The first kappa shape index (κ1) is 38.2. The molecule has 0 amide bonds.